The lowest BCUT2D eigenvalue weighted by Crippen LogP contribution is -2.44. The van der Waals surface area contributed by atoms with Crippen molar-refractivity contribution >= 4 is 41.1 Å². The number of esters is 1. The fourth-order valence-corrected chi connectivity index (χ4v) is 2.99. The van der Waals surface area contributed by atoms with E-state index in [1.54, 1.807) is 31.2 Å². The number of anilines is 1. The van der Waals surface area contributed by atoms with E-state index in [4.69, 9.17) is 16.3 Å². The molecule has 0 spiro atoms. The summed E-state index contributed by atoms with van der Waals surface area (Å²) in [5.41, 5.74) is -0.640. The van der Waals surface area contributed by atoms with Crippen LogP contribution in [-0.4, -0.2) is 46.9 Å². The molecule has 0 radical (unpaired) electrons. The number of ether oxygens (including phenoxy) is 1. The third kappa shape index (κ3) is 5.01. The highest BCUT2D eigenvalue weighted by molar-refractivity contribution is 6.33. The Morgan fingerprint density at radius 3 is 2.64 bits per heavy atom. The minimum atomic E-state index is -1.13. The van der Waals surface area contributed by atoms with Gasteiger partial charge in [-0.3, -0.25) is 19.3 Å². The zero-order valence-corrected chi connectivity index (χ0v) is 16.8. The van der Waals surface area contributed by atoms with Gasteiger partial charge in [0.25, 0.3) is 11.8 Å². The van der Waals surface area contributed by atoms with Crippen LogP contribution in [0.2, 0.25) is 5.02 Å². The van der Waals surface area contributed by atoms with Gasteiger partial charge in [-0.1, -0.05) is 43.5 Å². The molecule has 2 rings (SSSR count). The topological polar surface area (TPSA) is 105 Å². The number of unbranched alkanes of at least 4 members (excludes halogenated alkanes) is 1. The number of halogens is 1. The molecule has 9 heteroatoms. The van der Waals surface area contributed by atoms with Gasteiger partial charge in [0.05, 0.1) is 10.7 Å². The Balaban J connectivity index is 1.92. The maximum atomic E-state index is 12.5. The number of hydrogen-bond donors (Lipinski definition) is 2. The lowest BCUT2D eigenvalue weighted by atomic mass is 9.95. The average molecular weight is 410 g/mol. The second kappa shape index (κ2) is 9.05. The van der Waals surface area contributed by atoms with Crippen molar-refractivity contribution in [2.75, 3.05) is 11.9 Å². The normalized spacial score (nSPS) is 19.9. The van der Waals surface area contributed by atoms with Gasteiger partial charge in [-0.05, 0) is 32.4 Å². The van der Waals surface area contributed by atoms with Gasteiger partial charge in [-0.25, -0.2) is 4.79 Å². The minimum Gasteiger partial charge on any atom is -0.451 e. The van der Waals surface area contributed by atoms with Crippen LogP contribution in [0.5, 0.6) is 0 Å². The van der Waals surface area contributed by atoms with Crippen molar-refractivity contribution in [2.24, 2.45) is 0 Å². The van der Waals surface area contributed by atoms with Crippen molar-refractivity contribution < 1.29 is 23.9 Å². The summed E-state index contributed by atoms with van der Waals surface area (Å²) in [7, 11) is 0. The summed E-state index contributed by atoms with van der Waals surface area (Å²) in [6.07, 6.45) is 0.992. The van der Waals surface area contributed by atoms with Gasteiger partial charge in [-0.2, -0.15) is 0 Å². The minimum absolute atomic E-state index is 0.347. The molecule has 1 saturated heterocycles. The standard InChI is InChI=1S/C19H24ClN3O5/c1-4-5-10-19(3)17(26)23(18(27)22-19)11-15(24)28-12(2)16(25)21-14-9-7-6-8-13(14)20/h6-9,12H,4-5,10-11H2,1-3H3,(H,21,25)(H,22,27)/t12-,19-/m0/s1. The number of benzene rings is 1. The van der Waals surface area contributed by atoms with Crippen molar-refractivity contribution in [3.8, 4) is 0 Å². The summed E-state index contributed by atoms with van der Waals surface area (Å²) < 4.78 is 5.06. The summed E-state index contributed by atoms with van der Waals surface area (Å²) in [5.74, 6) is -1.91. The molecule has 2 N–H and O–H groups in total. The Bertz CT molecular complexity index is 785. The number of hydrogen-bond acceptors (Lipinski definition) is 5. The second-order valence-corrected chi connectivity index (χ2v) is 7.27. The molecule has 4 amide bonds. The third-order valence-electron chi connectivity index (χ3n) is 4.47. The van der Waals surface area contributed by atoms with Gasteiger partial charge in [-0.15, -0.1) is 0 Å². The van der Waals surface area contributed by atoms with Crippen LogP contribution in [0.25, 0.3) is 0 Å². The van der Waals surface area contributed by atoms with Gasteiger partial charge < -0.3 is 15.4 Å². The summed E-state index contributed by atoms with van der Waals surface area (Å²) >= 11 is 5.98. The van der Waals surface area contributed by atoms with Crippen LogP contribution in [0.15, 0.2) is 24.3 Å². The van der Waals surface area contributed by atoms with Crippen LogP contribution < -0.4 is 10.6 Å². The van der Waals surface area contributed by atoms with Crippen LogP contribution in [-0.2, 0) is 19.1 Å². The Morgan fingerprint density at radius 2 is 2.00 bits per heavy atom. The first-order chi connectivity index (χ1) is 13.2. The molecule has 0 aliphatic carbocycles. The van der Waals surface area contributed by atoms with Crippen molar-refractivity contribution in [1.82, 2.24) is 10.2 Å². The highest BCUT2D eigenvalue weighted by Crippen LogP contribution is 2.24. The average Bonchev–Trinajstić information content (AvgIpc) is 2.85. The summed E-state index contributed by atoms with van der Waals surface area (Å²) in [6.45, 7) is 4.44. The van der Waals surface area contributed by atoms with Crippen LogP contribution in [0.4, 0.5) is 10.5 Å². The number of imide groups is 1. The van der Waals surface area contributed by atoms with Crippen molar-refractivity contribution in [3.63, 3.8) is 0 Å². The number of carbonyl (C=O) groups is 4. The van der Waals surface area contributed by atoms with E-state index < -0.39 is 42.0 Å². The SMILES string of the molecule is CCCC[C@]1(C)NC(=O)N(CC(=O)O[C@@H](C)C(=O)Nc2ccccc2Cl)C1=O. The quantitative estimate of drug-likeness (QED) is 0.507. The van der Waals surface area contributed by atoms with E-state index in [2.05, 4.69) is 10.6 Å². The largest absolute Gasteiger partial charge is 0.451 e. The number of urea groups is 1. The lowest BCUT2D eigenvalue weighted by Gasteiger charge is -2.21. The van der Waals surface area contributed by atoms with E-state index >= 15 is 0 Å². The highest BCUT2D eigenvalue weighted by Gasteiger charge is 2.48. The molecular formula is C19H24ClN3O5. The maximum Gasteiger partial charge on any atom is 0.327 e. The molecule has 1 aliphatic heterocycles. The Labute approximate surface area is 168 Å². The smallest absolute Gasteiger partial charge is 0.327 e. The molecule has 0 aromatic heterocycles. The molecule has 1 aliphatic rings. The molecule has 1 heterocycles. The molecule has 1 aromatic carbocycles. The summed E-state index contributed by atoms with van der Waals surface area (Å²) in [6, 6.07) is 5.99. The summed E-state index contributed by atoms with van der Waals surface area (Å²) in [4.78, 5) is 49.8. The first kappa shape index (κ1) is 21.7. The Hall–Kier alpha value is -2.61. The molecule has 1 fully saturated rings. The predicted molar refractivity (Wildman–Crippen MR) is 104 cm³/mol. The zero-order valence-electron chi connectivity index (χ0n) is 16.1. The molecule has 0 unspecified atom stereocenters. The first-order valence-corrected chi connectivity index (χ1v) is 9.44. The van der Waals surface area contributed by atoms with Gasteiger partial charge in [0.2, 0.25) is 0 Å². The number of nitrogens with zero attached hydrogens (tertiary/aromatic N) is 1. The van der Waals surface area contributed by atoms with E-state index in [0.717, 1.165) is 17.7 Å². The van der Waals surface area contributed by atoms with Gasteiger partial charge in [0.15, 0.2) is 6.10 Å². The van der Waals surface area contributed by atoms with E-state index in [0.29, 0.717) is 17.1 Å². The highest BCUT2D eigenvalue weighted by atomic mass is 35.5. The Kier molecular flexibility index (Phi) is 7.01. The molecule has 0 saturated carbocycles. The molecule has 0 bridgehead atoms. The van der Waals surface area contributed by atoms with Crippen LogP contribution in [0.3, 0.4) is 0 Å². The number of amides is 4. The van der Waals surface area contributed by atoms with Gasteiger partial charge in [0.1, 0.15) is 12.1 Å². The molecular weight excluding hydrogens is 386 g/mol. The second-order valence-electron chi connectivity index (χ2n) is 6.86. The first-order valence-electron chi connectivity index (χ1n) is 9.07. The molecule has 2 atom stereocenters. The number of rotatable bonds is 8. The molecule has 8 nitrogen and oxygen atoms in total. The van der Waals surface area contributed by atoms with Crippen molar-refractivity contribution in [1.29, 1.82) is 0 Å². The third-order valence-corrected chi connectivity index (χ3v) is 4.80. The molecule has 152 valence electrons. The number of carbonyl (C=O) groups excluding carboxylic acids is 4. The van der Waals surface area contributed by atoms with E-state index in [9.17, 15) is 19.2 Å². The van der Waals surface area contributed by atoms with Crippen LogP contribution in [0.1, 0.15) is 40.0 Å². The molecule has 1 aromatic rings. The van der Waals surface area contributed by atoms with Crippen LogP contribution >= 0.6 is 11.6 Å². The fraction of sp³-hybridized carbons (Fsp3) is 0.474. The van der Waals surface area contributed by atoms with E-state index in [1.807, 2.05) is 6.92 Å². The monoisotopic (exact) mass is 409 g/mol. The van der Waals surface area contributed by atoms with Gasteiger partial charge in [0, 0.05) is 0 Å². The van der Waals surface area contributed by atoms with Crippen molar-refractivity contribution in [3.05, 3.63) is 29.3 Å². The zero-order chi connectivity index (χ0) is 20.9. The number of nitrogens with one attached hydrogen (secondary N) is 2. The number of para-hydroxylation sites is 1. The van der Waals surface area contributed by atoms with Crippen molar-refractivity contribution in [2.45, 2.75) is 51.7 Å². The van der Waals surface area contributed by atoms with Crippen LogP contribution in [0, 0.1) is 0 Å². The fourth-order valence-electron chi connectivity index (χ4n) is 2.80. The molecule has 28 heavy (non-hydrogen) atoms. The summed E-state index contributed by atoms with van der Waals surface area (Å²) in [5, 5.41) is 5.52. The van der Waals surface area contributed by atoms with E-state index in [-0.39, 0.29) is 0 Å². The predicted octanol–water partition coefficient (Wildman–Crippen LogP) is 2.71. The van der Waals surface area contributed by atoms with Gasteiger partial charge >= 0.3 is 12.0 Å². The maximum absolute atomic E-state index is 12.5. The Morgan fingerprint density at radius 1 is 1.32 bits per heavy atom. The lowest BCUT2D eigenvalue weighted by molar-refractivity contribution is -0.155. The van der Waals surface area contributed by atoms with E-state index in [1.165, 1.54) is 6.92 Å².